The van der Waals surface area contributed by atoms with Gasteiger partial charge in [-0.2, -0.15) is 0 Å². The normalized spacial score (nSPS) is 14.5. The van der Waals surface area contributed by atoms with E-state index in [9.17, 15) is 13.2 Å². The molecule has 3 aromatic carbocycles. The highest BCUT2D eigenvalue weighted by Gasteiger charge is 2.25. The van der Waals surface area contributed by atoms with E-state index in [1.807, 2.05) is 54.3 Å². The summed E-state index contributed by atoms with van der Waals surface area (Å²) in [5.74, 6) is 0.201. The Morgan fingerprint density at radius 1 is 0.882 bits per heavy atom. The lowest BCUT2D eigenvalue weighted by Crippen LogP contribution is -2.49. The highest BCUT2D eigenvalue weighted by atomic mass is 32.2. The molecule has 3 aromatic rings. The third kappa shape index (κ3) is 5.33. The van der Waals surface area contributed by atoms with Crippen LogP contribution in [0.15, 0.2) is 77.7 Å². The Morgan fingerprint density at radius 2 is 1.53 bits per heavy atom. The average molecular weight is 477 g/mol. The summed E-state index contributed by atoms with van der Waals surface area (Å²) in [6, 6.07) is 22.8. The first-order chi connectivity index (χ1) is 16.2. The second-order valence-electron chi connectivity index (χ2n) is 9.25. The fourth-order valence-corrected chi connectivity index (χ4v) is 5.67. The number of carbonyl (C=O) groups excluding carboxylic acids is 1. The number of nitrogens with zero attached hydrogens (tertiary/aromatic N) is 2. The van der Waals surface area contributed by atoms with Crippen molar-refractivity contribution in [1.29, 1.82) is 0 Å². The number of hydrogen-bond acceptors (Lipinski definition) is 4. The molecule has 1 fully saturated rings. The van der Waals surface area contributed by atoms with Gasteiger partial charge in [-0.3, -0.25) is 4.79 Å². The van der Waals surface area contributed by atoms with E-state index in [2.05, 4.69) is 30.9 Å². The molecule has 34 heavy (non-hydrogen) atoms. The van der Waals surface area contributed by atoms with Crippen molar-refractivity contribution in [3.05, 3.63) is 95.1 Å². The molecule has 1 saturated heterocycles. The van der Waals surface area contributed by atoms with Crippen molar-refractivity contribution in [2.45, 2.75) is 37.3 Å². The van der Waals surface area contributed by atoms with Crippen LogP contribution in [-0.4, -0.2) is 45.4 Å². The summed E-state index contributed by atoms with van der Waals surface area (Å²) in [5.41, 5.74) is 4.33. The number of piperazine rings is 1. The summed E-state index contributed by atoms with van der Waals surface area (Å²) < 4.78 is 26.3. The van der Waals surface area contributed by atoms with Crippen molar-refractivity contribution in [2.75, 3.05) is 31.1 Å². The fraction of sp³-hybridized carbons (Fsp3) is 0.321. The zero-order valence-electron chi connectivity index (χ0n) is 20.1. The van der Waals surface area contributed by atoms with Crippen molar-refractivity contribution >= 4 is 21.4 Å². The summed E-state index contributed by atoms with van der Waals surface area (Å²) in [7, 11) is -3.57. The number of aryl methyl sites for hydroxylation is 1. The Morgan fingerprint density at radius 3 is 2.15 bits per heavy atom. The van der Waals surface area contributed by atoms with Gasteiger partial charge in [-0.05, 0) is 53.8 Å². The second-order valence-corrected chi connectivity index (χ2v) is 11.2. The molecular weight excluding hydrogens is 444 g/mol. The lowest BCUT2D eigenvalue weighted by Gasteiger charge is -2.36. The van der Waals surface area contributed by atoms with Gasteiger partial charge >= 0.3 is 0 Å². The minimum Gasteiger partial charge on any atom is -0.368 e. The van der Waals surface area contributed by atoms with Crippen molar-refractivity contribution < 1.29 is 13.2 Å². The van der Waals surface area contributed by atoms with Gasteiger partial charge in [0.2, 0.25) is 0 Å². The minimum absolute atomic E-state index is 0.0855. The molecule has 0 saturated carbocycles. The molecule has 0 atom stereocenters. The van der Waals surface area contributed by atoms with E-state index < -0.39 is 9.84 Å². The molecule has 0 unspecified atom stereocenters. The Balaban J connectivity index is 1.48. The lowest BCUT2D eigenvalue weighted by atomic mass is 10.0. The van der Waals surface area contributed by atoms with Gasteiger partial charge in [0.1, 0.15) is 0 Å². The van der Waals surface area contributed by atoms with Crippen LogP contribution in [0.3, 0.4) is 0 Å². The average Bonchev–Trinajstić information content (AvgIpc) is 2.84. The van der Waals surface area contributed by atoms with E-state index in [4.69, 9.17) is 0 Å². The summed E-state index contributed by atoms with van der Waals surface area (Å²) in [4.78, 5) is 17.6. The van der Waals surface area contributed by atoms with Crippen LogP contribution in [0.4, 0.5) is 5.69 Å². The maximum absolute atomic E-state index is 13.3. The zero-order chi connectivity index (χ0) is 24.3. The van der Waals surface area contributed by atoms with Gasteiger partial charge in [0.25, 0.3) is 5.91 Å². The van der Waals surface area contributed by atoms with E-state index in [-0.39, 0.29) is 16.6 Å². The molecule has 1 amide bonds. The summed E-state index contributed by atoms with van der Waals surface area (Å²) in [5, 5.41) is 0. The first-order valence-electron chi connectivity index (χ1n) is 11.8. The summed E-state index contributed by atoms with van der Waals surface area (Å²) >= 11 is 0. The van der Waals surface area contributed by atoms with Gasteiger partial charge in [-0.1, -0.05) is 62.4 Å². The number of benzene rings is 3. The number of amides is 1. The highest BCUT2D eigenvalue weighted by molar-refractivity contribution is 7.90. The number of sulfone groups is 1. The predicted molar refractivity (Wildman–Crippen MR) is 137 cm³/mol. The number of carbonyl (C=O) groups is 1. The number of para-hydroxylation sites is 1. The van der Waals surface area contributed by atoms with Crippen LogP contribution in [0.5, 0.6) is 0 Å². The van der Waals surface area contributed by atoms with Gasteiger partial charge in [0.05, 0.1) is 10.6 Å². The zero-order valence-corrected chi connectivity index (χ0v) is 20.9. The van der Waals surface area contributed by atoms with Crippen molar-refractivity contribution in [3.8, 4) is 0 Å². The molecule has 0 N–H and O–H groups in total. The monoisotopic (exact) mass is 476 g/mol. The van der Waals surface area contributed by atoms with Crippen LogP contribution in [0, 0.1) is 6.92 Å². The van der Waals surface area contributed by atoms with Gasteiger partial charge in [-0.25, -0.2) is 8.42 Å². The molecule has 0 radical (unpaired) electrons. The maximum atomic E-state index is 13.3. The van der Waals surface area contributed by atoms with E-state index >= 15 is 0 Å². The van der Waals surface area contributed by atoms with Gasteiger partial charge in [-0.15, -0.1) is 0 Å². The van der Waals surface area contributed by atoms with E-state index in [0.717, 1.165) is 29.9 Å². The molecule has 0 aromatic heterocycles. The standard InChI is InChI=1S/C28H32N2O3S/c1-21(2)24-12-10-23(11-13-24)20-34(32,33)26-14-9-22(3)27(19-26)28(31)30-17-15-29(16-18-30)25-7-5-4-6-8-25/h4-14,19,21H,15-18,20H2,1-3H3. The first-order valence-corrected chi connectivity index (χ1v) is 13.4. The third-order valence-corrected chi connectivity index (χ3v) is 8.18. The smallest absolute Gasteiger partial charge is 0.254 e. The van der Waals surface area contributed by atoms with Crippen molar-refractivity contribution in [3.63, 3.8) is 0 Å². The topological polar surface area (TPSA) is 57.7 Å². The Bertz CT molecular complexity index is 1240. The van der Waals surface area contributed by atoms with Crippen LogP contribution in [0.1, 0.15) is 46.8 Å². The molecule has 178 valence electrons. The number of hydrogen-bond donors (Lipinski definition) is 0. The van der Waals surface area contributed by atoms with Gasteiger partial charge in [0.15, 0.2) is 9.84 Å². The molecule has 6 heteroatoms. The molecule has 0 spiro atoms. The van der Waals surface area contributed by atoms with Crippen molar-refractivity contribution in [2.24, 2.45) is 0 Å². The van der Waals surface area contributed by atoms with E-state index in [1.165, 1.54) is 5.56 Å². The van der Waals surface area contributed by atoms with Crippen LogP contribution in [0.25, 0.3) is 0 Å². The van der Waals surface area contributed by atoms with Crippen molar-refractivity contribution in [1.82, 2.24) is 4.90 Å². The van der Waals surface area contributed by atoms with Crippen LogP contribution in [0.2, 0.25) is 0 Å². The van der Waals surface area contributed by atoms with Crippen LogP contribution < -0.4 is 4.90 Å². The summed E-state index contributed by atoms with van der Waals surface area (Å²) in [6.07, 6.45) is 0. The Labute approximate surface area is 202 Å². The largest absolute Gasteiger partial charge is 0.368 e. The molecule has 0 aliphatic carbocycles. The second kappa shape index (κ2) is 10.0. The number of rotatable bonds is 6. The van der Waals surface area contributed by atoms with E-state index in [0.29, 0.717) is 24.6 Å². The van der Waals surface area contributed by atoms with E-state index in [1.54, 1.807) is 18.2 Å². The molecule has 1 heterocycles. The first kappa shape index (κ1) is 24.0. The summed E-state index contributed by atoms with van der Waals surface area (Å²) in [6.45, 7) is 8.78. The number of anilines is 1. The minimum atomic E-state index is -3.57. The lowest BCUT2D eigenvalue weighted by molar-refractivity contribution is 0.0746. The van der Waals surface area contributed by atoms with Gasteiger partial charge in [0, 0.05) is 37.4 Å². The predicted octanol–water partition coefficient (Wildman–Crippen LogP) is 5.05. The quantitative estimate of drug-likeness (QED) is 0.499. The third-order valence-electron chi connectivity index (χ3n) is 6.49. The molecule has 1 aliphatic heterocycles. The highest BCUT2D eigenvalue weighted by Crippen LogP contribution is 2.24. The fourth-order valence-electron chi connectivity index (χ4n) is 4.30. The Hall–Kier alpha value is -3.12. The Kier molecular flexibility index (Phi) is 7.08. The molecule has 5 nitrogen and oxygen atoms in total. The van der Waals surface area contributed by atoms with Crippen LogP contribution in [-0.2, 0) is 15.6 Å². The molecule has 1 aliphatic rings. The SMILES string of the molecule is Cc1ccc(S(=O)(=O)Cc2ccc(C(C)C)cc2)cc1C(=O)N1CCN(c2ccccc2)CC1. The van der Waals surface area contributed by atoms with Crippen LogP contribution >= 0.6 is 0 Å². The maximum Gasteiger partial charge on any atom is 0.254 e. The molecular formula is C28H32N2O3S. The molecule has 4 rings (SSSR count). The van der Waals surface area contributed by atoms with Gasteiger partial charge < -0.3 is 9.80 Å². The molecule has 0 bridgehead atoms.